The van der Waals surface area contributed by atoms with Crippen LogP contribution in [0.2, 0.25) is 0 Å². The first-order valence-corrected chi connectivity index (χ1v) is 7.27. The lowest BCUT2D eigenvalue weighted by Gasteiger charge is -2.15. The second-order valence-electron chi connectivity index (χ2n) is 4.85. The number of rotatable bonds is 5. The summed E-state index contributed by atoms with van der Waals surface area (Å²) in [7, 11) is 0. The fraction of sp³-hybridized carbons (Fsp3) is 0.250. The van der Waals surface area contributed by atoms with Crippen LogP contribution in [0.25, 0.3) is 0 Å². The summed E-state index contributed by atoms with van der Waals surface area (Å²) < 4.78 is 27.3. The first kappa shape index (κ1) is 15.1. The number of halogens is 3. The average Bonchev–Trinajstić information content (AvgIpc) is 2.44. The van der Waals surface area contributed by atoms with Gasteiger partial charge in [0.25, 0.3) is 0 Å². The van der Waals surface area contributed by atoms with Gasteiger partial charge in [0.05, 0.1) is 4.47 Å². The highest BCUT2D eigenvalue weighted by atomic mass is 79.9. The Bertz CT molecular complexity index is 586. The standard InChI is InChI=1S/C16H16BrF2N/c17-14-9-11(5-6-16(14)19)7-12(10-20)8-13-3-1-2-4-15(13)18/h1-6,9,12H,7-8,10,20H2. The first-order valence-electron chi connectivity index (χ1n) is 6.47. The normalized spacial score (nSPS) is 12.4. The van der Waals surface area contributed by atoms with Gasteiger partial charge < -0.3 is 5.73 Å². The van der Waals surface area contributed by atoms with E-state index in [0.717, 1.165) is 5.56 Å². The lowest BCUT2D eigenvalue weighted by molar-refractivity contribution is 0.511. The van der Waals surface area contributed by atoms with Crippen LogP contribution < -0.4 is 5.73 Å². The lowest BCUT2D eigenvalue weighted by atomic mass is 9.92. The highest BCUT2D eigenvalue weighted by molar-refractivity contribution is 9.10. The molecule has 4 heteroatoms. The summed E-state index contributed by atoms with van der Waals surface area (Å²) in [5.74, 6) is -0.359. The van der Waals surface area contributed by atoms with Crippen molar-refractivity contribution in [3.63, 3.8) is 0 Å². The molecule has 1 unspecified atom stereocenters. The van der Waals surface area contributed by atoms with Crippen LogP contribution in [0.1, 0.15) is 11.1 Å². The van der Waals surface area contributed by atoms with Crippen LogP contribution in [0.15, 0.2) is 46.9 Å². The predicted molar refractivity (Wildman–Crippen MR) is 80.5 cm³/mol. The van der Waals surface area contributed by atoms with E-state index in [0.29, 0.717) is 29.4 Å². The molecule has 0 fully saturated rings. The van der Waals surface area contributed by atoms with Crippen LogP contribution in [0, 0.1) is 17.6 Å². The second-order valence-corrected chi connectivity index (χ2v) is 5.70. The molecule has 0 saturated heterocycles. The summed E-state index contributed by atoms with van der Waals surface area (Å²) in [5, 5.41) is 0. The van der Waals surface area contributed by atoms with Gasteiger partial charge in [0.15, 0.2) is 0 Å². The molecule has 106 valence electrons. The zero-order chi connectivity index (χ0) is 14.5. The Labute approximate surface area is 125 Å². The Morgan fingerprint density at radius 3 is 2.40 bits per heavy atom. The maximum atomic E-state index is 13.6. The van der Waals surface area contributed by atoms with E-state index < -0.39 is 0 Å². The molecule has 0 amide bonds. The van der Waals surface area contributed by atoms with E-state index in [4.69, 9.17) is 5.73 Å². The van der Waals surface area contributed by atoms with Gasteiger partial charge >= 0.3 is 0 Å². The van der Waals surface area contributed by atoms with Crippen molar-refractivity contribution < 1.29 is 8.78 Å². The molecule has 2 N–H and O–H groups in total. The van der Waals surface area contributed by atoms with Gasteiger partial charge in [0, 0.05) is 0 Å². The van der Waals surface area contributed by atoms with Gasteiger partial charge in [0.2, 0.25) is 0 Å². The zero-order valence-corrected chi connectivity index (χ0v) is 12.5. The monoisotopic (exact) mass is 339 g/mol. The molecule has 2 rings (SSSR count). The Morgan fingerprint density at radius 1 is 1.00 bits per heavy atom. The molecule has 20 heavy (non-hydrogen) atoms. The molecule has 0 spiro atoms. The lowest BCUT2D eigenvalue weighted by Crippen LogP contribution is -2.20. The fourth-order valence-corrected chi connectivity index (χ4v) is 2.64. The third kappa shape index (κ3) is 3.87. The van der Waals surface area contributed by atoms with Crippen LogP contribution in [0.4, 0.5) is 8.78 Å². The number of hydrogen-bond acceptors (Lipinski definition) is 1. The maximum Gasteiger partial charge on any atom is 0.137 e. The topological polar surface area (TPSA) is 26.0 Å². The molecule has 0 heterocycles. The van der Waals surface area contributed by atoms with Gasteiger partial charge in [-0.25, -0.2) is 8.78 Å². The Hall–Kier alpha value is -1.26. The van der Waals surface area contributed by atoms with E-state index in [-0.39, 0.29) is 17.6 Å². The summed E-state index contributed by atoms with van der Waals surface area (Å²) >= 11 is 3.17. The van der Waals surface area contributed by atoms with Gasteiger partial charge in [-0.15, -0.1) is 0 Å². The molecule has 2 aromatic carbocycles. The number of hydrogen-bond donors (Lipinski definition) is 1. The van der Waals surface area contributed by atoms with E-state index in [1.807, 2.05) is 6.07 Å². The SMILES string of the molecule is NCC(Cc1ccc(F)c(Br)c1)Cc1ccccc1F. The van der Waals surface area contributed by atoms with Gasteiger partial charge in [-0.3, -0.25) is 0 Å². The molecule has 2 aromatic rings. The van der Waals surface area contributed by atoms with E-state index >= 15 is 0 Å². The minimum absolute atomic E-state index is 0.129. The van der Waals surface area contributed by atoms with Crippen molar-refractivity contribution in [2.75, 3.05) is 6.54 Å². The molecule has 0 bridgehead atoms. The summed E-state index contributed by atoms with van der Waals surface area (Å²) in [6.45, 7) is 0.462. The van der Waals surface area contributed by atoms with Crippen molar-refractivity contribution in [2.45, 2.75) is 12.8 Å². The molecule has 0 aromatic heterocycles. The fourth-order valence-electron chi connectivity index (χ4n) is 2.21. The number of nitrogens with two attached hydrogens (primary N) is 1. The van der Waals surface area contributed by atoms with Crippen LogP contribution >= 0.6 is 15.9 Å². The van der Waals surface area contributed by atoms with Crippen molar-refractivity contribution in [1.82, 2.24) is 0 Å². The maximum absolute atomic E-state index is 13.6. The summed E-state index contributed by atoms with van der Waals surface area (Å²) in [6, 6.07) is 11.6. The minimum atomic E-state index is -0.285. The molecule has 0 aliphatic heterocycles. The quantitative estimate of drug-likeness (QED) is 0.872. The van der Waals surface area contributed by atoms with Crippen molar-refractivity contribution in [3.05, 3.63) is 69.7 Å². The Kier molecular flexibility index (Phi) is 5.26. The highest BCUT2D eigenvalue weighted by Gasteiger charge is 2.12. The van der Waals surface area contributed by atoms with Gasteiger partial charge in [-0.2, -0.15) is 0 Å². The van der Waals surface area contributed by atoms with Crippen molar-refractivity contribution in [1.29, 1.82) is 0 Å². The van der Waals surface area contributed by atoms with Crippen molar-refractivity contribution >= 4 is 15.9 Å². The van der Waals surface area contributed by atoms with Crippen LogP contribution in [0.5, 0.6) is 0 Å². The van der Waals surface area contributed by atoms with Crippen LogP contribution in [0.3, 0.4) is 0 Å². The van der Waals surface area contributed by atoms with E-state index in [1.165, 1.54) is 12.1 Å². The number of benzene rings is 2. The predicted octanol–water partition coefficient (Wildman–Crippen LogP) is 4.09. The Balaban J connectivity index is 2.09. The van der Waals surface area contributed by atoms with Gasteiger partial charge in [-0.05, 0) is 70.6 Å². The third-order valence-electron chi connectivity index (χ3n) is 3.31. The van der Waals surface area contributed by atoms with E-state index in [1.54, 1.807) is 24.3 Å². The van der Waals surface area contributed by atoms with Crippen molar-refractivity contribution in [3.8, 4) is 0 Å². The molecule has 0 saturated carbocycles. The summed E-state index contributed by atoms with van der Waals surface area (Å²) in [6.07, 6.45) is 1.28. The zero-order valence-electron chi connectivity index (χ0n) is 11.0. The smallest absolute Gasteiger partial charge is 0.137 e. The van der Waals surface area contributed by atoms with E-state index in [2.05, 4.69) is 15.9 Å². The van der Waals surface area contributed by atoms with Crippen LogP contribution in [-0.4, -0.2) is 6.54 Å². The molecule has 1 atom stereocenters. The third-order valence-corrected chi connectivity index (χ3v) is 3.92. The Morgan fingerprint density at radius 2 is 1.75 bits per heavy atom. The molecule has 0 radical (unpaired) electrons. The first-order chi connectivity index (χ1) is 9.60. The van der Waals surface area contributed by atoms with E-state index in [9.17, 15) is 8.78 Å². The highest BCUT2D eigenvalue weighted by Crippen LogP contribution is 2.21. The minimum Gasteiger partial charge on any atom is -0.330 e. The summed E-state index contributed by atoms with van der Waals surface area (Å²) in [4.78, 5) is 0. The second kappa shape index (κ2) is 6.95. The molecular formula is C16H16BrF2N. The molecule has 0 aliphatic carbocycles. The largest absolute Gasteiger partial charge is 0.330 e. The molecule has 1 nitrogen and oxygen atoms in total. The van der Waals surface area contributed by atoms with Gasteiger partial charge in [-0.1, -0.05) is 24.3 Å². The average molecular weight is 340 g/mol. The molecular weight excluding hydrogens is 324 g/mol. The van der Waals surface area contributed by atoms with Crippen LogP contribution in [-0.2, 0) is 12.8 Å². The van der Waals surface area contributed by atoms with Gasteiger partial charge in [0.1, 0.15) is 11.6 Å². The summed E-state index contributed by atoms with van der Waals surface area (Å²) in [5.41, 5.74) is 7.44. The molecule has 0 aliphatic rings. The van der Waals surface area contributed by atoms with Crippen molar-refractivity contribution in [2.24, 2.45) is 11.7 Å².